The topological polar surface area (TPSA) is 55.8 Å². The molecule has 0 aromatic heterocycles. The zero-order chi connectivity index (χ0) is 17.0. The molecule has 1 unspecified atom stereocenters. The summed E-state index contributed by atoms with van der Waals surface area (Å²) in [6, 6.07) is 4.04. The van der Waals surface area contributed by atoms with E-state index in [2.05, 4.69) is 0 Å². The van der Waals surface area contributed by atoms with Gasteiger partial charge in [-0.15, -0.1) is 0 Å². The normalized spacial score (nSPS) is 17.7. The second-order valence-electron chi connectivity index (χ2n) is 6.14. The van der Waals surface area contributed by atoms with Crippen molar-refractivity contribution in [2.75, 3.05) is 26.8 Å². The third-order valence-electron chi connectivity index (χ3n) is 4.52. The number of methoxy groups -OCH3 is 1. The Morgan fingerprint density at radius 3 is 2.61 bits per heavy atom. The van der Waals surface area contributed by atoms with Crippen molar-refractivity contribution >= 4 is 11.9 Å². The number of hydrogen-bond acceptors (Lipinski definition) is 4. The third-order valence-corrected chi connectivity index (χ3v) is 4.52. The number of carbonyl (C=O) groups excluding carboxylic acids is 2. The molecule has 1 aliphatic rings. The van der Waals surface area contributed by atoms with Gasteiger partial charge >= 0.3 is 5.97 Å². The van der Waals surface area contributed by atoms with Crippen molar-refractivity contribution in [3.05, 3.63) is 28.8 Å². The van der Waals surface area contributed by atoms with Crippen LogP contribution in [0, 0.1) is 26.7 Å². The molecule has 0 N–H and O–H groups in total. The maximum Gasteiger partial charge on any atom is 0.310 e. The number of esters is 1. The monoisotopic (exact) mass is 319 g/mol. The Balaban J connectivity index is 1.97. The van der Waals surface area contributed by atoms with Gasteiger partial charge in [0.05, 0.1) is 13.0 Å². The van der Waals surface area contributed by atoms with E-state index in [1.807, 2.05) is 32.9 Å². The van der Waals surface area contributed by atoms with Gasteiger partial charge < -0.3 is 14.4 Å². The highest BCUT2D eigenvalue weighted by Gasteiger charge is 2.29. The van der Waals surface area contributed by atoms with Crippen LogP contribution in [0.2, 0.25) is 0 Å². The summed E-state index contributed by atoms with van der Waals surface area (Å²) < 4.78 is 10.6. The first kappa shape index (κ1) is 17.3. The summed E-state index contributed by atoms with van der Waals surface area (Å²) in [5, 5.41) is 0. The molecule has 1 amide bonds. The Bertz CT molecular complexity index is 597. The molecule has 23 heavy (non-hydrogen) atoms. The number of carbonyl (C=O) groups is 2. The van der Waals surface area contributed by atoms with Crippen molar-refractivity contribution in [3.8, 4) is 5.75 Å². The van der Waals surface area contributed by atoms with E-state index in [4.69, 9.17) is 9.47 Å². The second-order valence-corrected chi connectivity index (χ2v) is 6.14. The van der Waals surface area contributed by atoms with Gasteiger partial charge in [-0.2, -0.15) is 0 Å². The van der Waals surface area contributed by atoms with E-state index in [0.29, 0.717) is 13.1 Å². The first-order valence-electron chi connectivity index (χ1n) is 7.99. The van der Waals surface area contributed by atoms with Crippen LogP contribution in [0.25, 0.3) is 0 Å². The van der Waals surface area contributed by atoms with E-state index in [-0.39, 0.29) is 24.4 Å². The Morgan fingerprint density at radius 1 is 1.22 bits per heavy atom. The number of hydrogen-bond donors (Lipinski definition) is 0. The maximum atomic E-state index is 12.4. The lowest BCUT2D eigenvalue weighted by Crippen LogP contribution is -2.44. The van der Waals surface area contributed by atoms with E-state index < -0.39 is 0 Å². The Morgan fingerprint density at radius 2 is 1.91 bits per heavy atom. The average molecular weight is 319 g/mol. The van der Waals surface area contributed by atoms with Crippen LogP contribution in [0.4, 0.5) is 0 Å². The lowest BCUT2D eigenvalue weighted by atomic mass is 9.98. The molecule has 1 atom stereocenters. The fraction of sp³-hybridized carbons (Fsp3) is 0.556. The van der Waals surface area contributed by atoms with Crippen LogP contribution in [0.5, 0.6) is 5.75 Å². The summed E-state index contributed by atoms with van der Waals surface area (Å²) >= 11 is 0. The quantitative estimate of drug-likeness (QED) is 0.800. The molecule has 1 aromatic rings. The van der Waals surface area contributed by atoms with Gasteiger partial charge in [0.15, 0.2) is 6.61 Å². The van der Waals surface area contributed by atoms with Crippen molar-refractivity contribution < 1.29 is 19.1 Å². The number of likely N-dealkylation sites (tertiary alicyclic amines) is 1. The fourth-order valence-corrected chi connectivity index (χ4v) is 2.94. The van der Waals surface area contributed by atoms with Gasteiger partial charge in [-0.25, -0.2) is 0 Å². The molecular formula is C18H25NO4. The largest absolute Gasteiger partial charge is 0.483 e. The van der Waals surface area contributed by atoms with E-state index in [0.717, 1.165) is 35.3 Å². The van der Waals surface area contributed by atoms with Gasteiger partial charge in [0.1, 0.15) is 5.75 Å². The summed E-state index contributed by atoms with van der Waals surface area (Å²) in [6.45, 7) is 7.08. The van der Waals surface area contributed by atoms with E-state index >= 15 is 0 Å². The minimum absolute atomic E-state index is 0.000966. The van der Waals surface area contributed by atoms with Crippen molar-refractivity contribution in [2.24, 2.45) is 5.92 Å². The van der Waals surface area contributed by atoms with Gasteiger partial charge in [-0.1, -0.05) is 12.1 Å². The van der Waals surface area contributed by atoms with Crippen LogP contribution in [0.1, 0.15) is 29.5 Å². The molecule has 0 bridgehead atoms. The first-order chi connectivity index (χ1) is 10.9. The van der Waals surface area contributed by atoms with Crippen LogP contribution in [0.15, 0.2) is 12.1 Å². The minimum Gasteiger partial charge on any atom is -0.483 e. The van der Waals surface area contributed by atoms with Crippen molar-refractivity contribution in [2.45, 2.75) is 33.6 Å². The summed E-state index contributed by atoms with van der Waals surface area (Å²) in [7, 11) is 1.38. The lowest BCUT2D eigenvalue weighted by Gasteiger charge is -2.31. The van der Waals surface area contributed by atoms with E-state index in [1.54, 1.807) is 4.90 Å². The molecule has 1 aromatic carbocycles. The minimum atomic E-state index is -0.242. The Labute approximate surface area is 137 Å². The van der Waals surface area contributed by atoms with E-state index in [1.165, 1.54) is 7.11 Å². The summed E-state index contributed by atoms with van der Waals surface area (Å²) in [5.74, 6) is 0.229. The van der Waals surface area contributed by atoms with Crippen LogP contribution >= 0.6 is 0 Å². The second kappa shape index (κ2) is 7.49. The van der Waals surface area contributed by atoms with Crippen molar-refractivity contribution in [1.82, 2.24) is 4.90 Å². The highest BCUT2D eigenvalue weighted by molar-refractivity contribution is 5.79. The standard InChI is InChI=1S/C18H25NO4/c1-12-7-8-13(2)17(14(12)3)23-11-16(20)19-9-5-6-15(10-19)18(21)22-4/h7-8,15H,5-6,9-11H2,1-4H3. The smallest absolute Gasteiger partial charge is 0.310 e. The summed E-state index contributed by atoms with van der Waals surface area (Å²) in [4.78, 5) is 25.7. The zero-order valence-corrected chi connectivity index (χ0v) is 14.3. The van der Waals surface area contributed by atoms with Gasteiger partial charge in [-0.05, 0) is 50.3 Å². The van der Waals surface area contributed by atoms with Gasteiger partial charge in [0.25, 0.3) is 5.91 Å². The first-order valence-corrected chi connectivity index (χ1v) is 7.99. The van der Waals surface area contributed by atoms with Gasteiger partial charge in [0, 0.05) is 13.1 Å². The summed E-state index contributed by atoms with van der Waals surface area (Å²) in [5.41, 5.74) is 3.22. The van der Waals surface area contributed by atoms with Crippen LogP contribution < -0.4 is 4.74 Å². The number of amides is 1. The maximum absolute atomic E-state index is 12.4. The van der Waals surface area contributed by atoms with Crippen LogP contribution in [-0.4, -0.2) is 43.6 Å². The SMILES string of the molecule is COC(=O)C1CCCN(C(=O)COc2c(C)ccc(C)c2C)C1. The molecule has 2 rings (SSSR count). The lowest BCUT2D eigenvalue weighted by molar-refractivity contribution is -0.149. The average Bonchev–Trinajstić information content (AvgIpc) is 2.57. The van der Waals surface area contributed by atoms with E-state index in [9.17, 15) is 9.59 Å². The predicted octanol–water partition coefficient (Wildman–Crippen LogP) is 2.40. The Hall–Kier alpha value is -2.04. The summed E-state index contributed by atoms with van der Waals surface area (Å²) in [6.07, 6.45) is 1.58. The molecule has 1 fully saturated rings. The molecular weight excluding hydrogens is 294 g/mol. The van der Waals surface area contributed by atoms with Crippen LogP contribution in [0.3, 0.4) is 0 Å². The molecule has 0 spiro atoms. The Kier molecular flexibility index (Phi) is 5.64. The molecule has 1 saturated heterocycles. The molecule has 1 heterocycles. The van der Waals surface area contributed by atoms with Crippen LogP contribution in [-0.2, 0) is 14.3 Å². The highest BCUT2D eigenvalue weighted by atomic mass is 16.5. The molecule has 1 aliphatic heterocycles. The molecule has 0 saturated carbocycles. The molecule has 0 radical (unpaired) electrons. The third kappa shape index (κ3) is 4.03. The molecule has 126 valence electrons. The number of ether oxygens (including phenoxy) is 2. The molecule has 5 nitrogen and oxygen atoms in total. The number of benzene rings is 1. The number of aryl methyl sites for hydroxylation is 2. The van der Waals surface area contributed by atoms with Gasteiger partial charge in [0.2, 0.25) is 0 Å². The zero-order valence-electron chi connectivity index (χ0n) is 14.3. The van der Waals surface area contributed by atoms with Gasteiger partial charge in [-0.3, -0.25) is 9.59 Å². The predicted molar refractivity (Wildman–Crippen MR) is 87.5 cm³/mol. The van der Waals surface area contributed by atoms with Crippen molar-refractivity contribution in [3.63, 3.8) is 0 Å². The van der Waals surface area contributed by atoms with Crippen molar-refractivity contribution in [1.29, 1.82) is 0 Å². The number of piperidine rings is 1. The molecule has 0 aliphatic carbocycles. The highest BCUT2D eigenvalue weighted by Crippen LogP contribution is 2.26. The number of nitrogens with zero attached hydrogens (tertiary/aromatic N) is 1. The molecule has 5 heteroatoms. The fourth-order valence-electron chi connectivity index (χ4n) is 2.94. The number of rotatable bonds is 4.